The summed E-state index contributed by atoms with van der Waals surface area (Å²) in [5, 5.41) is 11.7. The van der Waals surface area contributed by atoms with Gasteiger partial charge in [-0.15, -0.1) is 5.10 Å². The first-order chi connectivity index (χ1) is 12.0. The molecule has 0 aliphatic heterocycles. The molecule has 5 N–H and O–H groups in total. The lowest BCUT2D eigenvalue weighted by Gasteiger charge is -2.08. The van der Waals surface area contributed by atoms with Crippen LogP contribution in [0.4, 0.5) is 5.82 Å². The second-order valence-electron chi connectivity index (χ2n) is 5.46. The molecule has 2 aromatic heterocycles. The molecule has 2 rings (SSSR count). The van der Waals surface area contributed by atoms with Gasteiger partial charge in [0.25, 0.3) is 0 Å². The standard InChI is InChI=1S/C18H23N7/c1-4-13(11-19)18(22-3)14-7-8-25-15(9-14)10-17(24-25)23-16(21)6-5-12(2)20/h5-11,20H,4,19H2,1-3H3,(H2,21,23,24)/b6-5-,13-11-,20-12?,22-18?. The number of allylic oxidation sites excluding steroid dienone is 2. The quantitative estimate of drug-likeness (QED) is 0.555. The van der Waals surface area contributed by atoms with Crippen molar-refractivity contribution in [3.8, 4) is 0 Å². The van der Waals surface area contributed by atoms with Crippen LogP contribution in [0.5, 0.6) is 0 Å². The molecule has 0 fully saturated rings. The molecule has 0 atom stereocenters. The van der Waals surface area contributed by atoms with Gasteiger partial charge in [0.2, 0.25) is 0 Å². The molecule has 0 aliphatic carbocycles. The normalized spacial score (nSPS) is 13.8. The number of nitrogens with zero attached hydrogens (tertiary/aromatic N) is 4. The molecule has 130 valence electrons. The number of nitrogens with one attached hydrogen (secondary N) is 1. The smallest absolute Gasteiger partial charge is 0.176 e. The van der Waals surface area contributed by atoms with Crippen molar-refractivity contribution in [2.45, 2.75) is 20.3 Å². The molecule has 7 nitrogen and oxygen atoms in total. The number of nitrogens with two attached hydrogens (primary N) is 2. The Bertz CT molecular complexity index is 897. The molecule has 0 aliphatic rings. The highest BCUT2D eigenvalue weighted by molar-refractivity contribution is 6.13. The highest BCUT2D eigenvalue weighted by Gasteiger charge is 2.09. The van der Waals surface area contributed by atoms with E-state index in [1.54, 1.807) is 36.8 Å². The Kier molecular flexibility index (Phi) is 5.84. The predicted octanol–water partition coefficient (Wildman–Crippen LogP) is 2.59. The molecule has 0 unspecified atom stereocenters. The summed E-state index contributed by atoms with van der Waals surface area (Å²) in [5.41, 5.74) is 15.6. The van der Waals surface area contributed by atoms with E-state index in [4.69, 9.17) is 16.9 Å². The highest BCUT2D eigenvalue weighted by Crippen LogP contribution is 2.18. The Morgan fingerprint density at radius 1 is 1.36 bits per heavy atom. The summed E-state index contributed by atoms with van der Waals surface area (Å²) < 4.78 is 1.73. The van der Waals surface area contributed by atoms with Crippen molar-refractivity contribution in [1.29, 1.82) is 5.41 Å². The number of hydrogen-bond donors (Lipinski definition) is 3. The lowest BCUT2D eigenvalue weighted by atomic mass is 10.0. The van der Waals surface area contributed by atoms with Gasteiger partial charge in [-0.25, -0.2) is 9.51 Å². The largest absolute Gasteiger partial charge is 0.404 e. The van der Waals surface area contributed by atoms with Gasteiger partial charge in [-0.1, -0.05) is 6.92 Å². The van der Waals surface area contributed by atoms with Crippen LogP contribution < -0.4 is 11.5 Å². The number of pyridine rings is 1. The molecular weight excluding hydrogens is 314 g/mol. The fourth-order valence-electron chi connectivity index (χ4n) is 2.39. The zero-order chi connectivity index (χ0) is 18.4. The molecule has 2 heterocycles. The molecule has 7 heteroatoms. The third-order valence-electron chi connectivity index (χ3n) is 3.58. The Morgan fingerprint density at radius 3 is 2.72 bits per heavy atom. The van der Waals surface area contributed by atoms with Crippen LogP contribution in [0.25, 0.3) is 5.52 Å². The molecule has 0 radical (unpaired) electrons. The average Bonchev–Trinajstić information content (AvgIpc) is 2.98. The van der Waals surface area contributed by atoms with Crippen LogP contribution >= 0.6 is 0 Å². The summed E-state index contributed by atoms with van der Waals surface area (Å²) in [6.45, 7) is 3.71. The summed E-state index contributed by atoms with van der Waals surface area (Å²) in [7, 11) is 1.75. The van der Waals surface area contributed by atoms with Crippen molar-refractivity contribution in [3.63, 3.8) is 0 Å². The molecule has 0 bridgehead atoms. The molecule has 0 saturated carbocycles. The van der Waals surface area contributed by atoms with E-state index in [2.05, 4.69) is 15.1 Å². The number of amidine groups is 1. The Hall–Kier alpha value is -3.22. The van der Waals surface area contributed by atoms with Crippen molar-refractivity contribution >= 4 is 28.6 Å². The van der Waals surface area contributed by atoms with Gasteiger partial charge in [0.15, 0.2) is 5.82 Å². The van der Waals surface area contributed by atoms with Gasteiger partial charge in [0, 0.05) is 30.6 Å². The first-order valence-corrected chi connectivity index (χ1v) is 7.93. The summed E-state index contributed by atoms with van der Waals surface area (Å²) >= 11 is 0. The fraction of sp³-hybridized carbons (Fsp3) is 0.222. The second kappa shape index (κ2) is 8.05. The first kappa shape index (κ1) is 18.1. The van der Waals surface area contributed by atoms with Crippen LogP contribution in [0.15, 0.2) is 58.3 Å². The minimum absolute atomic E-state index is 0.297. The second-order valence-corrected chi connectivity index (χ2v) is 5.46. The van der Waals surface area contributed by atoms with Gasteiger partial charge in [-0.05, 0) is 49.4 Å². The Morgan fingerprint density at radius 2 is 2.12 bits per heavy atom. The van der Waals surface area contributed by atoms with Crippen LogP contribution in [0.1, 0.15) is 25.8 Å². The molecular formula is C18H23N7. The van der Waals surface area contributed by atoms with E-state index in [-0.39, 0.29) is 0 Å². The maximum absolute atomic E-state index is 7.36. The lowest BCUT2D eigenvalue weighted by Crippen LogP contribution is -2.07. The molecule has 0 amide bonds. The highest BCUT2D eigenvalue weighted by atomic mass is 15.3. The van der Waals surface area contributed by atoms with Crippen molar-refractivity contribution in [2.75, 3.05) is 7.05 Å². The van der Waals surface area contributed by atoms with E-state index in [0.29, 0.717) is 17.4 Å². The van der Waals surface area contributed by atoms with Crippen LogP contribution in [0.3, 0.4) is 0 Å². The maximum Gasteiger partial charge on any atom is 0.176 e. The number of aromatic nitrogens is 2. The maximum atomic E-state index is 7.36. The van der Waals surface area contributed by atoms with Gasteiger partial charge < -0.3 is 16.9 Å². The summed E-state index contributed by atoms with van der Waals surface area (Å²) in [4.78, 5) is 8.61. The monoisotopic (exact) mass is 337 g/mol. The van der Waals surface area contributed by atoms with Crippen LogP contribution in [0.2, 0.25) is 0 Å². The number of hydrogen-bond acceptors (Lipinski definition) is 5. The van der Waals surface area contributed by atoms with Gasteiger partial charge in [-0.2, -0.15) is 0 Å². The van der Waals surface area contributed by atoms with Gasteiger partial charge in [0.05, 0.1) is 11.2 Å². The van der Waals surface area contributed by atoms with E-state index >= 15 is 0 Å². The third kappa shape index (κ3) is 4.41. The third-order valence-corrected chi connectivity index (χ3v) is 3.58. The summed E-state index contributed by atoms with van der Waals surface area (Å²) in [6, 6.07) is 5.77. The number of rotatable bonds is 6. The number of aliphatic imine (C=N–C) groups is 2. The number of fused-ring (bicyclic) bond motifs is 1. The zero-order valence-electron chi connectivity index (χ0n) is 14.7. The van der Waals surface area contributed by atoms with Gasteiger partial charge >= 0.3 is 0 Å². The van der Waals surface area contributed by atoms with Crippen molar-refractivity contribution in [1.82, 2.24) is 9.61 Å². The molecule has 2 aromatic rings. The Balaban J connectivity index is 2.39. The van der Waals surface area contributed by atoms with E-state index in [9.17, 15) is 0 Å². The molecule has 0 aromatic carbocycles. The SMILES string of the molecule is CC/C(=C/N)C(=NC)c1ccn2nc(N=C(N)/C=C\C(C)=N)cc2c1. The van der Waals surface area contributed by atoms with Crippen LogP contribution in [0, 0.1) is 5.41 Å². The van der Waals surface area contributed by atoms with Gasteiger partial charge in [-0.3, -0.25) is 4.99 Å². The lowest BCUT2D eigenvalue weighted by molar-refractivity contribution is 0.958. The van der Waals surface area contributed by atoms with Gasteiger partial charge in [0.1, 0.15) is 5.84 Å². The van der Waals surface area contributed by atoms with E-state index in [1.165, 1.54) is 0 Å². The molecule has 0 saturated heterocycles. The topological polar surface area (TPSA) is 118 Å². The summed E-state index contributed by atoms with van der Waals surface area (Å²) in [5.74, 6) is 0.798. The van der Waals surface area contributed by atoms with Crippen LogP contribution in [-0.4, -0.2) is 33.9 Å². The molecule has 25 heavy (non-hydrogen) atoms. The zero-order valence-corrected chi connectivity index (χ0v) is 14.7. The van der Waals surface area contributed by atoms with Crippen molar-refractivity contribution < 1.29 is 0 Å². The average molecular weight is 337 g/mol. The minimum atomic E-state index is 0.297. The van der Waals surface area contributed by atoms with E-state index < -0.39 is 0 Å². The van der Waals surface area contributed by atoms with E-state index in [0.717, 1.165) is 28.8 Å². The van der Waals surface area contributed by atoms with E-state index in [1.807, 2.05) is 31.3 Å². The summed E-state index contributed by atoms with van der Waals surface area (Å²) in [6.07, 6.45) is 7.42. The Labute approximate surface area is 147 Å². The van der Waals surface area contributed by atoms with Crippen LogP contribution in [-0.2, 0) is 0 Å². The van der Waals surface area contributed by atoms with Crippen molar-refractivity contribution in [2.24, 2.45) is 21.5 Å². The fourth-order valence-corrected chi connectivity index (χ4v) is 2.39. The van der Waals surface area contributed by atoms with Crippen molar-refractivity contribution in [3.05, 3.63) is 53.9 Å². The molecule has 0 spiro atoms. The first-order valence-electron chi connectivity index (χ1n) is 7.93. The predicted molar refractivity (Wildman–Crippen MR) is 104 cm³/mol. The minimum Gasteiger partial charge on any atom is -0.404 e.